The minimum absolute atomic E-state index is 0.0364. The summed E-state index contributed by atoms with van der Waals surface area (Å²) in [7, 11) is 0. The Morgan fingerprint density at radius 2 is 1.88 bits per heavy atom. The largest absolute Gasteiger partial charge is 0.466 e. The van der Waals surface area contributed by atoms with Crippen molar-refractivity contribution in [2.45, 2.75) is 88.0 Å². The number of nitrogens with one attached hydrogen (secondary N) is 2. The molecule has 0 aromatic heterocycles. The summed E-state index contributed by atoms with van der Waals surface area (Å²) in [5, 5.41) is 6.44. The van der Waals surface area contributed by atoms with E-state index in [0.717, 1.165) is 44.3 Å². The second kappa shape index (κ2) is 12.3. The molecule has 6 heteroatoms. The Hall–Kier alpha value is -1.17. The van der Waals surface area contributed by atoms with Crippen LogP contribution in [0.25, 0.3) is 0 Å². The molecule has 0 aromatic carbocycles. The molecule has 0 radical (unpaired) electrons. The SMILES string of the molecule is C=CCCCCCCCCOC(=O)CCCCC1SCC2NC(=O)NC21. The van der Waals surface area contributed by atoms with Crippen molar-refractivity contribution in [3.8, 4) is 0 Å². The van der Waals surface area contributed by atoms with E-state index in [1.807, 2.05) is 17.8 Å². The van der Waals surface area contributed by atoms with Gasteiger partial charge in [-0.05, 0) is 32.1 Å². The molecular weight excluding hydrogens is 348 g/mol. The van der Waals surface area contributed by atoms with Crippen LogP contribution >= 0.6 is 11.8 Å². The van der Waals surface area contributed by atoms with E-state index in [9.17, 15) is 9.59 Å². The van der Waals surface area contributed by atoms with Gasteiger partial charge in [0.1, 0.15) is 0 Å². The molecule has 3 atom stereocenters. The fourth-order valence-corrected chi connectivity index (χ4v) is 5.16. The van der Waals surface area contributed by atoms with Crippen molar-refractivity contribution in [3.05, 3.63) is 12.7 Å². The number of thioether (sulfide) groups is 1. The van der Waals surface area contributed by atoms with E-state index in [1.54, 1.807) is 0 Å². The first-order valence-corrected chi connectivity index (χ1v) is 11.2. The van der Waals surface area contributed by atoms with Crippen molar-refractivity contribution < 1.29 is 14.3 Å². The summed E-state index contributed by atoms with van der Waals surface area (Å²) < 4.78 is 5.32. The third-order valence-corrected chi connectivity index (χ3v) is 6.63. The summed E-state index contributed by atoms with van der Waals surface area (Å²) in [5.74, 6) is 0.924. The number of carbonyl (C=O) groups is 2. The molecule has 148 valence electrons. The predicted molar refractivity (Wildman–Crippen MR) is 107 cm³/mol. The fraction of sp³-hybridized carbons (Fsp3) is 0.800. The van der Waals surface area contributed by atoms with Gasteiger partial charge in [-0.25, -0.2) is 4.79 Å². The van der Waals surface area contributed by atoms with Gasteiger partial charge in [0.05, 0.1) is 18.7 Å². The molecule has 5 nitrogen and oxygen atoms in total. The molecule has 26 heavy (non-hydrogen) atoms. The molecule has 0 aromatic rings. The minimum Gasteiger partial charge on any atom is -0.466 e. The third-order valence-electron chi connectivity index (χ3n) is 5.12. The van der Waals surface area contributed by atoms with Gasteiger partial charge in [0.25, 0.3) is 0 Å². The number of unbranched alkanes of at least 4 members (excludes halogenated alkanes) is 7. The summed E-state index contributed by atoms with van der Waals surface area (Å²) in [5.41, 5.74) is 0. The number of urea groups is 1. The van der Waals surface area contributed by atoms with Crippen LogP contribution in [0, 0.1) is 0 Å². The normalized spacial score (nSPS) is 24.0. The number of rotatable bonds is 14. The number of ether oxygens (including phenoxy) is 1. The van der Waals surface area contributed by atoms with Crippen LogP contribution in [0.15, 0.2) is 12.7 Å². The van der Waals surface area contributed by atoms with Crippen molar-refractivity contribution in [1.29, 1.82) is 0 Å². The maximum Gasteiger partial charge on any atom is 0.315 e. The molecule has 0 spiro atoms. The van der Waals surface area contributed by atoms with Gasteiger partial charge in [0.2, 0.25) is 0 Å². The number of allylic oxidation sites excluding steroid dienone is 1. The highest BCUT2D eigenvalue weighted by molar-refractivity contribution is 8.00. The number of carbonyl (C=O) groups excluding carboxylic acids is 2. The fourth-order valence-electron chi connectivity index (χ4n) is 3.61. The van der Waals surface area contributed by atoms with E-state index >= 15 is 0 Å². The first-order valence-electron chi connectivity index (χ1n) is 10.2. The van der Waals surface area contributed by atoms with Gasteiger partial charge < -0.3 is 15.4 Å². The Morgan fingerprint density at radius 1 is 1.12 bits per heavy atom. The molecular formula is C20H34N2O3S. The zero-order valence-electron chi connectivity index (χ0n) is 15.8. The average Bonchev–Trinajstić information content (AvgIpc) is 3.16. The zero-order chi connectivity index (χ0) is 18.6. The standard InChI is InChI=1S/C20H34N2O3S/c1-2-3-4-5-6-7-8-11-14-25-18(23)13-10-9-12-17-19-16(15-26-17)21-20(24)22-19/h2,16-17,19H,1,3-15H2,(H2,21,22,24). The van der Waals surface area contributed by atoms with E-state index in [-0.39, 0.29) is 24.1 Å². The summed E-state index contributed by atoms with van der Waals surface area (Å²) in [6, 6.07) is 0.506. The van der Waals surface area contributed by atoms with E-state index in [2.05, 4.69) is 17.2 Å². The van der Waals surface area contributed by atoms with Crippen LogP contribution in [0.3, 0.4) is 0 Å². The summed E-state index contributed by atoms with van der Waals surface area (Å²) in [4.78, 5) is 23.1. The zero-order valence-corrected chi connectivity index (χ0v) is 16.7. The maximum absolute atomic E-state index is 11.8. The van der Waals surface area contributed by atoms with Crippen molar-refractivity contribution in [3.63, 3.8) is 0 Å². The van der Waals surface area contributed by atoms with Crippen molar-refractivity contribution >= 4 is 23.8 Å². The van der Waals surface area contributed by atoms with Crippen molar-refractivity contribution in [1.82, 2.24) is 10.6 Å². The maximum atomic E-state index is 11.8. The van der Waals surface area contributed by atoms with Gasteiger partial charge in [-0.3, -0.25) is 4.79 Å². The van der Waals surface area contributed by atoms with Gasteiger partial charge in [-0.2, -0.15) is 11.8 Å². The Labute approximate surface area is 162 Å². The monoisotopic (exact) mass is 382 g/mol. The van der Waals surface area contributed by atoms with E-state index in [1.165, 1.54) is 25.7 Å². The number of hydrogen-bond donors (Lipinski definition) is 2. The van der Waals surface area contributed by atoms with E-state index in [4.69, 9.17) is 4.74 Å². The van der Waals surface area contributed by atoms with Crippen LogP contribution in [0.2, 0.25) is 0 Å². The molecule has 2 aliphatic heterocycles. The van der Waals surface area contributed by atoms with Crippen molar-refractivity contribution in [2.75, 3.05) is 12.4 Å². The quantitative estimate of drug-likeness (QED) is 0.205. The van der Waals surface area contributed by atoms with Gasteiger partial charge in [-0.1, -0.05) is 38.2 Å². The third kappa shape index (κ3) is 7.60. The summed E-state index contributed by atoms with van der Waals surface area (Å²) in [6.45, 7) is 4.29. The summed E-state index contributed by atoms with van der Waals surface area (Å²) in [6.07, 6.45) is 13.6. The highest BCUT2D eigenvalue weighted by Crippen LogP contribution is 2.33. The Morgan fingerprint density at radius 3 is 2.69 bits per heavy atom. The summed E-state index contributed by atoms with van der Waals surface area (Å²) >= 11 is 1.92. The highest BCUT2D eigenvalue weighted by atomic mass is 32.2. The first-order chi connectivity index (χ1) is 12.7. The molecule has 2 aliphatic rings. The lowest BCUT2D eigenvalue weighted by Gasteiger charge is -2.16. The van der Waals surface area contributed by atoms with E-state index < -0.39 is 0 Å². The predicted octanol–water partition coefficient (Wildman–Crippen LogP) is 4.17. The second-order valence-electron chi connectivity index (χ2n) is 7.29. The molecule has 2 rings (SSSR count). The van der Waals surface area contributed by atoms with Crippen LogP contribution in [0.4, 0.5) is 4.79 Å². The highest BCUT2D eigenvalue weighted by Gasteiger charge is 2.42. The lowest BCUT2D eigenvalue weighted by Crippen LogP contribution is -2.36. The van der Waals surface area contributed by atoms with Crippen LogP contribution in [-0.4, -0.2) is 41.7 Å². The Bertz CT molecular complexity index is 458. The van der Waals surface area contributed by atoms with Crippen LogP contribution < -0.4 is 10.6 Å². The molecule has 2 saturated heterocycles. The van der Waals surface area contributed by atoms with Gasteiger partial charge in [0.15, 0.2) is 0 Å². The number of fused-ring (bicyclic) bond motifs is 1. The molecule has 2 heterocycles. The second-order valence-corrected chi connectivity index (χ2v) is 8.56. The molecule has 0 aliphatic carbocycles. The van der Waals surface area contributed by atoms with Gasteiger partial charge in [0, 0.05) is 17.4 Å². The molecule has 3 unspecified atom stereocenters. The van der Waals surface area contributed by atoms with Crippen molar-refractivity contribution in [2.24, 2.45) is 0 Å². The van der Waals surface area contributed by atoms with Crippen LogP contribution in [-0.2, 0) is 9.53 Å². The minimum atomic E-state index is -0.0660. The molecule has 2 N–H and O–H groups in total. The lowest BCUT2D eigenvalue weighted by molar-refractivity contribution is -0.143. The topological polar surface area (TPSA) is 67.4 Å². The lowest BCUT2D eigenvalue weighted by atomic mass is 10.0. The Balaban J connectivity index is 1.39. The first kappa shape index (κ1) is 21.1. The number of esters is 1. The Kier molecular flexibility index (Phi) is 9.96. The van der Waals surface area contributed by atoms with Gasteiger partial charge >= 0.3 is 12.0 Å². The number of hydrogen-bond acceptors (Lipinski definition) is 4. The smallest absolute Gasteiger partial charge is 0.315 e. The van der Waals surface area contributed by atoms with Gasteiger partial charge in [-0.15, -0.1) is 6.58 Å². The molecule has 0 bridgehead atoms. The van der Waals surface area contributed by atoms with Crippen LogP contribution in [0.5, 0.6) is 0 Å². The molecule has 2 amide bonds. The number of amides is 2. The van der Waals surface area contributed by atoms with Crippen LogP contribution in [0.1, 0.15) is 70.6 Å². The average molecular weight is 383 g/mol. The molecule has 2 fully saturated rings. The molecule has 0 saturated carbocycles. The van der Waals surface area contributed by atoms with E-state index in [0.29, 0.717) is 18.3 Å².